The highest BCUT2D eigenvalue weighted by atomic mass is 31.0. The Balaban J connectivity index is 1.42. The Bertz CT molecular complexity index is 630. The first kappa shape index (κ1) is 21.8. The fourth-order valence-electron chi connectivity index (χ4n) is 5.58. The summed E-state index contributed by atoms with van der Waals surface area (Å²) in [6, 6.07) is 4.89. The van der Waals surface area contributed by atoms with Crippen molar-refractivity contribution in [1.29, 1.82) is 0 Å². The minimum absolute atomic E-state index is 0.0885. The van der Waals surface area contributed by atoms with Crippen LogP contribution >= 0.6 is 9.24 Å². The van der Waals surface area contributed by atoms with E-state index in [9.17, 15) is 4.79 Å². The van der Waals surface area contributed by atoms with E-state index in [0.717, 1.165) is 30.1 Å². The molecule has 0 heterocycles. The van der Waals surface area contributed by atoms with Crippen LogP contribution in [0, 0.1) is 38.5 Å². The van der Waals surface area contributed by atoms with Gasteiger partial charge in [0, 0.05) is 0 Å². The third-order valence-corrected chi connectivity index (χ3v) is 8.04. The number of ether oxygens (including phenoxy) is 1. The van der Waals surface area contributed by atoms with Crippen LogP contribution in [-0.2, 0) is 9.53 Å². The van der Waals surface area contributed by atoms with E-state index in [1.807, 2.05) is 0 Å². The van der Waals surface area contributed by atoms with Crippen molar-refractivity contribution >= 4 is 15.2 Å². The van der Waals surface area contributed by atoms with E-state index >= 15 is 0 Å². The molecule has 2 aliphatic rings. The van der Waals surface area contributed by atoms with Crippen molar-refractivity contribution in [3.8, 4) is 0 Å². The minimum Gasteiger partial charge on any atom is -0.465 e. The molecule has 0 bridgehead atoms. The average Bonchev–Trinajstić information content (AvgIpc) is 2.72. The molecular formula is C25H39O2P. The van der Waals surface area contributed by atoms with Crippen LogP contribution in [0.4, 0.5) is 0 Å². The third-order valence-electron chi connectivity index (χ3n) is 7.71. The standard InChI is InChI=1S/C25H39O2P/c1-17-14-24(15-18(2)19(17)3)23-10-8-22(9-11-23)21-6-4-20(5-7-21)12-13-27-25(26)16-28/h14-15,20-23H,4-13,16,28H2,1-3H3. The second kappa shape index (κ2) is 10.2. The molecule has 3 heteroatoms. The van der Waals surface area contributed by atoms with E-state index in [-0.39, 0.29) is 5.97 Å². The molecule has 0 aromatic heterocycles. The van der Waals surface area contributed by atoms with Gasteiger partial charge < -0.3 is 4.74 Å². The SMILES string of the molecule is Cc1cc(C2CCC(C3CCC(CCOC(=O)CP)CC3)CC2)cc(C)c1C. The third kappa shape index (κ3) is 5.59. The summed E-state index contributed by atoms with van der Waals surface area (Å²) in [6.45, 7) is 7.38. The first-order valence-corrected chi connectivity index (χ1v) is 12.2. The molecule has 2 saturated carbocycles. The van der Waals surface area contributed by atoms with Crippen LogP contribution < -0.4 is 0 Å². The summed E-state index contributed by atoms with van der Waals surface area (Å²) in [5, 5.41) is 0. The average molecular weight is 403 g/mol. The monoisotopic (exact) mass is 402 g/mol. The second-order valence-corrected chi connectivity index (χ2v) is 9.79. The summed E-state index contributed by atoms with van der Waals surface area (Å²) in [4.78, 5) is 11.3. The topological polar surface area (TPSA) is 26.3 Å². The van der Waals surface area contributed by atoms with Crippen LogP contribution in [0.15, 0.2) is 12.1 Å². The fraction of sp³-hybridized carbons (Fsp3) is 0.720. The number of carbonyl (C=O) groups excluding carboxylic acids is 1. The molecule has 1 aromatic carbocycles. The van der Waals surface area contributed by atoms with Gasteiger partial charge in [0.1, 0.15) is 0 Å². The van der Waals surface area contributed by atoms with Crippen molar-refractivity contribution in [1.82, 2.24) is 0 Å². The Hall–Kier alpha value is -0.880. The Labute approximate surface area is 174 Å². The van der Waals surface area contributed by atoms with E-state index in [2.05, 4.69) is 42.1 Å². The maximum Gasteiger partial charge on any atom is 0.309 e. The summed E-state index contributed by atoms with van der Waals surface area (Å²) in [6.07, 6.45) is 12.5. The zero-order valence-corrected chi connectivity index (χ0v) is 19.3. The van der Waals surface area contributed by atoms with Crippen LogP contribution in [0.25, 0.3) is 0 Å². The Morgan fingerprint density at radius 3 is 2.00 bits per heavy atom. The lowest BCUT2D eigenvalue weighted by Gasteiger charge is -2.38. The number of hydrogen-bond donors (Lipinski definition) is 0. The van der Waals surface area contributed by atoms with Crippen LogP contribution in [0.2, 0.25) is 0 Å². The van der Waals surface area contributed by atoms with E-state index in [1.54, 1.807) is 5.56 Å². The largest absolute Gasteiger partial charge is 0.465 e. The zero-order chi connectivity index (χ0) is 20.1. The molecule has 3 rings (SSSR count). The summed E-state index contributed by atoms with van der Waals surface area (Å²) in [5.74, 6) is 3.34. The normalized spacial score (nSPS) is 28.1. The van der Waals surface area contributed by atoms with Gasteiger partial charge in [-0.1, -0.05) is 25.0 Å². The molecule has 156 valence electrons. The molecule has 1 unspecified atom stereocenters. The summed E-state index contributed by atoms with van der Waals surface area (Å²) in [5.41, 5.74) is 5.96. The molecule has 0 spiro atoms. The van der Waals surface area contributed by atoms with Crippen molar-refractivity contribution in [3.05, 3.63) is 34.4 Å². The van der Waals surface area contributed by atoms with E-state index in [4.69, 9.17) is 4.74 Å². The van der Waals surface area contributed by atoms with Gasteiger partial charge in [0.2, 0.25) is 0 Å². The summed E-state index contributed by atoms with van der Waals surface area (Å²) < 4.78 is 5.26. The molecule has 0 amide bonds. The smallest absolute Gasteiger partial charge is 0.309 e. The first-order valence-electron chi connectivity index (χ1n) is 11.4. The predicted molar refractivity (Wildman–Crippen MR) is 121 cm³/mol. The fourth-order valence-corrected chi connectivity index (χ4v) is 5.69. The maximum atomic E-state index is 11.3. The molecule has 0 aliphatic heterocycles. The number of hydrogen-bond acceptors (Lipinski definition) is 2. The first-order chi connectivity index (χ1) is 13.5. The highest BCUT2D eigenvalue weighted by Gasteiger charge is 2.31. The Morgan fingerprint density at radius 2 is 1.46 bits per heavy atom. The molecule has 1 aromatic rings. The van der Waals surface area contributed by atoms with Crippen molar-refractivity contribution < 1.29 is 9.53 Å². The second-order valence-electron chi connectivity index (χ2n) is 9.39. The number of esters is 1. The molecule has 0 saturated heterocycles. The van der Waals surface area contributed by atoms with Gasteiger partial charge in [0.05, 0.1) is 12.8 Å². The maximum absolute atomic E-state index is 11.3. The number of aryl methyl sites for hydroxylation is 2. The van der Waals surface area contributed by atoms with Gasteiger partial charge in [0.25, 0.3) is 0 Å². The molecular weight excluding hydrogens is 363 g/mol. The van der Waals surface area contributed by atoms with E-state index < -0.39 is 0 Å². The molecule has 2 aliphatic carbocycles. The van der Waals surface area contributed by atoms with Gasteiger partial charge >= 0.3 is 5.97 Å². The van der Waals surface area contributed by atoms with Gasteiger partial charge in [-0.3, -0.25) is 4.79 Å². The van der Waals surface area contributed by atoms with Gasteiger partial charge in [-0.25, -0.2) is 0 Å². The van der Waals surface area contributed by atoms with Crippen molar-refractivity contribution in [3.63, 3.8) is 0 Å². The number of benzene rings is 1. The molecule has 0 N–H and O–H groups in total. The lowest BCUT2D eigenvalue weighted by molar-refractivity contribution is -0.140. The van der Waals surface area contributed by atoms with Crippen LogP contribution in [0.5, 0.6) is 0 Å². The summed E-state index contributed by atoms with van der Waals surface area (Å²) in [7, 11) is 2.43. The van der Waals surface area contributed by atoms with E-state index in [1.165, 1.54) is 68.1 Å². The highest BCUT2D eigenvalue weighted by molar-refractivity contribution is 7.18. The number of carbonyl (C=O) groups is 1. The molecule has 2 fully saturated rings. The Kier molecular flexibility index (Phi) is 7.98. The van der Waals surface area contributed by atoms with Gasteiger partial charge in [-0.05, 0) is 112 Å². The van der Waals surface area contributed by atoms with Crippen molar-refractivity contribution in [2.45, 2.75) is 84.5 Å². The molecule has 28 heavy (non-hydrogen) atoms. The highest BCUT2D eigenvalue weighted by Crippen LogP contribution is 2.44. The lowest BCUT2D eigenvalue weighted by Crippen LogP contribution is -2.26. The van der Waals surface area contributed by atoms with Gasteiger partial charge in [0.15, 0.2) is 0 Å². The zero-order valence-electron chi connectivity index (χ0n) is 18.1. The van der Waals surface area contributed by atoms with Crippen LogP contribution in [0.1, 0.15) is 86.0 Å². The van der Waals surface area contributed by atoms with Crippen LogP contribution in [0.3, 0.4) is 0 Å². The lowest BCUT2D eigenvalue weighted by atomic mass is 9.68. The van der Waals surface area contributed by atoms with Crippen LogP contribution in [-0.4, -0.2) is 18.7 Å². The quantitative estimate of drug-likeness (QED) is 0.401. The predicted octanol–water partition coefficient (Wildman–Crippen LogP) is 6.50. The van der Waals surface area contributed by atoms with Crippen molar-refractivity contribution in [2.24, 2.45) is 17.8 Å². The number of rotatable bonds is 6. The van der Waals surface area contributed by atoms with Crippen molar-refractivity contribution in [2.75, 3.05) is 12.8 Å². The Morgan fingerprint density at radius 1 is 0.929 bits per heavy atom. The molecule has 0 radical (unpaired) electrons. The minimum atomic E-state index is -0.0885. The van der Waals surface area contributed by atoms with Gasteiger partial charge in [-0.2, -0.15) is 0 Å². The molecule has 1 atom stereocenters. The molecule has 2 nitrogen and oxygen atoms in total. The summed E-state index contributed by atoms with van der Waals surface area (Å²) >= 11 is 0. The van der Waals surface area contributed by atoms with E-state index in [0.29, 0.717) is 12.8 Å². The van der Waals surface area contributed by atoms with Gasteiger partial charge in [-0.15, -0.1) is 9.24 Å².